The zero-order valence-electron chi connectivity index (χ0n) is 11.4. The standard InChI is InChI=1S/C15H18BrN3/c1-4-18-13-7-14(9-17-8-13)19-15-10(2)5-12(16)6-11(15)3/h5-9,18-19H,4H2,1-3H3. The van der Waals surface area contributed by atoms with Crippen LogP contribution >= 0.6 is 15.9 Å². The lowest BCUT2D eigenvalue weighted by Crippen LogP contribution is -2.00. The molecule has 0 atom stereocenters. The predicted molar refractivity (Wildman–Crippen MR) is 85.3 cm³/mol. The van der Waals surface area contributed by atoms with Gasteiger partial charge in [-0.3, -0.25) is 4.98 Å². The molecule has 1 heterocycles. The van der Waals surface area contributed by atoms with E-state index in [0.717, 1.165) is 28.1 Å². The molecule has 0 spiro atoms. The Kier molecular flexibility index (Phi) is 4.43. The van der Waals surface area contributed by atoms with Gasteiger partial charge in [-0.2, -0.15) is 0 Å². The monoisotopic (exact) mass is 319 g/mol. The molecule has 0 unspecified atom stereocenters. The molecule has 0 fully saturated rings. The molecule has 4 heteroatoms. The van der Waals surface area contributed by atoms with Crippen molar-refractivity contribution >= 4 is 33.0 Å². The zero-order chi connectivity index (χ0) is 13.8. The second-order valence-electron chi connectivity index (χ2n) is 4.53. The summed E-state index contributed by atoms with van der Waals surface area (Å²) < 4.78 is 1.10. The van der Waals surface area contributed by atoms with E-state index >= 15 is 0 Å². The molecule has 0 bridgehead atoms. The fraction of sp³-hybridized carbons (Fsp3) is 0.267. The van der Waals surface area contributed by atoms with E-state index in [0.29, 0.717) is 0 Å². The van der Waals surface area contributed by atoms with Crippen LogP contribution in [0.2, 0.25) is 0 Å². The van der Waals surface area contributed by atoms with Crippen molar-refractivity contribution in [3.63, 3.8) is 0 Å². The molecule has 19 heavy (non-hydrogen) atoms. The summed E-state index contributed by atoms with van der Waals surface area (Å²) in [6.07, 6.45) is 3.66. The number of rotatable bonds is 4. The van der Waals surface area contributed by atoms with Crippen LogP contribution in [0.3, 0.4) is 0 Å². The summed E-state index contributed by atoms with van der Waals surface area (Å²) >= 11 is 3.51. The molecule has 1 aromatic carbocycles. The second-order valence-corrected chi connectivity index (χ2v) is 5.45. The van der Waals surface area contributed by atoms with Crippen LogP contribution in [0.15, 0.2) is 35.1 Å². The number of nitrogens with zero attached hydrogens (tertiary/aromatic N) is 1. The molecule has 2 N–H and O–H groups in total. The number of aromatic nitrogens is 1. The fourth-order valence-electron chi connectivity index (χ4n) is 2.06. The summed E-state index contributed by atoms with van der Waals surface area (Å²) in [6.45, 7) is 7.16. The summed E-state index contributed by atoms with van der Waals surface area (Å²) in [5.41, 5.74) is 5.58. The van der Waals surface area contributed by atoms with Gasteiger partial charge in [-0.05, 0) is 50.1 Å². The summed E-state index contributed by atoms with van der Waals surface area (Å²) in [7, 11) is 0. The molecule has 0 saturated carbocycles. The number of anilines is 3. The highest BCUT2D eigenvalue weighted by atomic mass is 79.9. The molecule has 0 aliphatic heterocycles. The minimum absolute atomic E-state index is 0.890. The van der Waals surface area contributed by atoms with Crippen LogP contribution in [0.4, 0.5) is 17.1 Å². The molecular formula is C15H18BrN3. The quantitative estimate of drug-likeness (QED) is 0.862. The van der Waals surface area contributed by atoms with Gasteiger partial charge >= 0.3 is 0 Å². The van der Waals surface area contributed by atoms with Gasteiger partial charge < -0.3 is 10.6 Å². The summed E-state index contributed by atoms with van der Waals surface area (Å²) in [5.74, 6) is 0. The van der Waals surface area contributed by atoms with Crippen molar-refractivity contribution in [1.29, 1.82) is 0 Å². The number of hydrogen-bond acceptors (Lipinski definition) is 3. The van der Waals surface area contributed by atoms with Gasteiger partial charge in [0.25, 0.3) is 0 Å². The first-order valence-corrected chi connectivity index (χ1v) is 7.12. The first-order valence-electron chi connectivity index (χ1n) is 6.33. The Hall–Kier alpha value is -1.55. The maximum Gasteiger partial charge on any atom is 0.0591 e. The number of aryl methyl sites for hydroxylation is 2. The van der Waals surface area contributed by atoms with Gasteiger partial charge in [0.05, 0.1) is 23.8 Å². The van der Waals surface area contributed by atoms with Crippen molar-refractivity contribution in [2.24, 2.45) is 0 Å². The van der Waals surface area contributed by atoms with Crippen LogP contribution in [0.5, 0.6) is 0 Å². The summed E-state index contributed by atoms with van der Waals surface area (Å²) in [6, 6.07) is 6.28. The van der Waals surface area contributed by atoms with Gasteiger partial charge in [-0.15, -0.1) is 0 Å². The molecule has 3 nitrogen and oxygen atoms in total. The number of pyridine rings is 1. The van der Waals surface area contributed by atoms with Crippen molar-refractivity contribution in [2.45, 2.75) is 20.8 Å². The topological polar surface area (TPSA) is 37.0 Å². The number of benzene rings is 1. The number of hydrogen-bond donors (Lipinski definition) is 2. The van der Waals surface area contributed by atoms with Gasteiger partial charge in [0.15, 0.2) is 0 Å². The van der Waals surface area contributed by atoms with Gasteiger partial charge in [0.2, 0.25) is 0 Å². The molecule has 0 amide bonds. The van der Waals surface area contributed by atoms with E-state index in [1.54, 1.807) is 0 Å². The predicted octanol–water partition coefficient (Wildman–Crippen LogP) is 4.64. The Bertz CT molecular complexity index is 558. The summed E-state index contributed by atoms with van der Waals surface area (Å²) in [4.78, 5) is 4.24. The molecule has 0 radical (unpaired) electrons. The van der Waals surface area contributed by atoms with E-state index in [4.69, 9.17) is 0 Å². The molecule has 1 aromatic heterocycles. The van der Waals surface area contributed by atoms with Crippen LogP contribution in [0.1, 0.15) is 18.1 Å². The lowest BCUT2D eigenvalue weighted by molar-refractivity contribution is 1.19. The number of nitrogens with one attached hydrogen (secondary N) is 2. The average molecular weight is 320 g/mol. The first-order chi connectivity index (χ1) is 9.10. The molecule has 100 valence electrons. The minimum atomic E-state index is 0.890. The van der Waals surface area contributed by atoms with Gasteiger partial charge in [-0.1, -0.05) is 15.9 Å². The van der Waals surface area contributed by atoms with Crippen LogP contribution < -0.4 is 10.6 Å². The Morgan fingerprint density at radius 1 is 1.05 bits per heavy atom. The van der Waals surface area contributed by atoms with Gasteiger partial charge in [0.1, 0.15) is 0 Å². The Morgan fingerprint density at radius 3 is 2.32 bits per heavy atom. The van der Waals surface area contributed by atoms with Gasteiger partial charge in [0, 0.05) is 16.7 Å². The van der Waals surface area contributed by atoms with Crippen molar-refractivity contribution in [2.75, 3.05) is 17.2 Å². The maximum atomic E-state index is 4.24. The van der Waals surface area contributed by atoms with Crippen LogP contribution in [-0.2, 0) is 0 Å². The van der Waals surface area contributed by atoms with E-state index < -0.39 is 0 Å². The van der Waals surface area contributed by atoms with Crippen molar-refractivity contribution < 1.29 is 0 Å². The fourth-order valence-corrected chi connectivity index (χ4v) is 2.75. The zero-order valence-corrected chi connectivity index (χ0v) is 13.0. The highest BCUT2D eigenvalue weighted by molar-refractivity contribution is 9.10. The minimum Gasteiger partial charge on any atom is -0.384 e. The van der Waals surface area contributed by atoms with E-state index in [1.807, 2.05) is 12.4 Å². The molecular weight excluding hydrogens is 302 g/mol. The van der Waals surface area contributed by atoms with Crippen molar-refractivity contribution in [1.82, 2.24) is 4.98 Å². The highest BCUT2D eigenvalue weighted by Gasteiger charge is 2.05. The Labute approximate surface area is 122 Å². The summed E-state index contributed by atoms with van der Waals surface area (Å²) in [5, 5.41) is 6.71. The lowest BCUT2D eigenvalue weighted by Gasteiger charge is -2.14. The van der Waals surface area contributed by atoms with Crippen LogP contribution in [0, 0.1) is 13.8 Å². The largest absolute Gasteiger partial charge is 0.384 e. The van der Waals surface area contributed by atoms with E-state index in [2.05, 4.69) is 70.5 Å². The Balaban J connectivity index is 2.28. The SMILES string of the molecule is CCNc1cncc(Nc2c(C)cc(Br)cc2C)c1. The molecule has 2 rings (SSSR count). The molecule has 2 aromatic rings. The van der Waals surface area contributed by atoms with E-state index in [-0.39, 0.29) is 0 Å². The molecule has 0 aliphatic carbocycles. The normalized spacial score (nSPS) is 10.3. The van der Waals surface area contributed by atoms with E-state index in [1.165, 1.54) is 11.1 Å². The third-order valence-corrected chi connectivity index (χ3v) is 3.34. The maximum absolute atomic E-state index is 4.24. The number of halogens is 1. The smallest absolute Gasteiger partial charge is 0.0591 e. The third kappa shape index (κ3) is 3.47. The molecule has 0 saturated heterocycles. The highest BCUT2D eigenvalue weighted by Crippen LogP contribution is 2.28. The first kappa shape index (κ1) is 13.9. The van der Waals surface area contributed by atoms with Crippen LogP contribution in [-0.4, -0.2) is 11.5 Å². The Morgan fingerprint density at radius 2 is 1.68 bits per heavy atom. The van der Waals surface area contributed by atoms with Crippen molar-refractivity contribution in [3.05, 3.63) is 46.2 Å². The third-order valence-electron chi connectivity index (χ3n) is 2.89. The van der Waals surface area contributed by atoms with Crippen molar-refractivity contribution in [3.8, 4) is 0 Å². The lowest BCUT2D eigenvalue weighted by atomic mass is 10.1. The second kappa shape index (κ2) is 6.06. The van der Waals surface area contributed by atoms with E-state index in [9.17, 15) is 0 Å². The molecule has 0 aliphatic rings. The average Bonchev–Trinajstić information content (AvgIpc) is 2.35. The van der Waals surface area contributed by atoms with Crippen LogP contribution in [0.25, 0.3) is 0 Å². The van der Waals surface area contributed by atoms with Gasteiger partial charge in [-0.25, -0.2) is 0 Å².